The fourth-order valence-electron chi connectivity index (χ4n) is 2.56. The van der Waals surface area contributed by atoms with Crippen molar-refractivity contribution in [2.24, 2.45) is 0 Å². The molecule has 22 heavy (non-hydrogen) atoms. The Balaban J connectivity index is 2.19. The third-order valence-corrected chi connectivity index (χ3v) is 3.65. The average Bonchev–Trinajstić information content (AvgIpc) is 2.53. The maximum absolute atomic E-state index is 12.8. The minimum absolute atomic E-state index is 0.174. The van der Waals surface area contributed by atoms with Crippen molar-refractivity contribution in [3.05, 3.63) is 70.8 Å². The van der Waals surface area contributed by atoms with Crippen LogP contribution in [0, 0.1) is 0 Å². The zero-order chi connectivity index (χ0) is 15.7. The second-order valence-corrected chi connectivity index (χ2v) is 5.79. The minimum Gasteiger partial charge on any atom is -0.483 e. The maximum Gasteiger partial charge on any atom is 0.194 e. The molecular formula is C19H16O3. The molecule has 0 bridgehead atoms. The van der Waals surface area contributed by atoms with Gasteiger partial charge in [-0.3, -0.25) is 9.59 Å². The first kappa shape index (κ1) is 14.3. The summed E-state index contributed by atoms with van der Waals surface area (Å²) in [4.78, 5) is 24.2. The fourth-order valence-corrected chi connectivity index (χ4v) is 2.56. The fraction of sp³-hybridized carbons (Fsp3) is 0.158. The third kappa shape index (κ3) is 2.46. The molecule has 0 saturated carbocycles. The van der Waals surface area contributed by atoms with Crippen molar-refractivity contribution in [1.29, 1.82) is 0 Å². The number of ether oxygens (including phenoxy) is 1. The number of hydrogen-bond acceptors (Lipinski definition) is 3. The number of carbonyl (C=O) groups excluding carboxylic acids is 2. The zero-order valence-electron chi connectivity index (χ0n) is 12.5. The molecular weight excluding hydrogens is 276 g/mol. The lowest BCUT2D eigenvalue weighted by molar-refractivity contribution is 0.102. The summed E-state index contributed by atoms with van der Waals surface area (Å²) in [6.45, 7) is 3.89. The Labute approximate surface area is 129 Å². The summed E-state index contributed by atoms with van der Waals surface area (Å²) < 4.78 is 5.89. The van der Waals surface area contributed by atoms with Gasteiger partial charge in [0.25, 0.3) is 0 Å². The van der Waals surface area contributed by atoms with Crippen LogP contribution in [0.15, 0.2) is 48.5 Å². The number of aldehydes is 1. The van der Waals surface area contributed by atoms with Gasteiger partial charge in [-0.2, -0.15) is 0 Å². The Morgan fingerprint density at radius 3 is 2.50 bits per heavy atom. The van der Waals surface area contributed by atoms with Crippen LogP contribution in [0.4, 0.5) is 0 Å². The van der Waals surface area contributed by atoms with Crippen molar-refractivity contribution in [3.63, 3.8) is 0 Å². The number of carbonyl (C=O) groups is 2. The Morgan fingerprint density at radius 2 is 1.82 bits per heavy atom. The topological polar surface area (TPSA) is 43.4 Å². The second-order valence-electron chi connectivity index (χ2n) is 5.79. The molecule has 0 N–H and O–H groups in total. The van der Waals surface area contributed by atoms with Crippen LogP contribution in [-0.4, -0.2) is 17.7 Å². The quantitative estimate of drug-likeness (QED) is 0.636. The molecule has 3 nitrogen and oxygen atoms in total. The van der Waals surface area contributed by atoms with Crippen molar-refractivity contribution < 1.29 is 14.3 Å². The van der Waals surface area contributed by atoms with Gasteiger partial charge in [-0.1, -0.05) is 36.4 Å². The molecule has 3 rings (SSSR count). The summed E-state index contributed by atoms with van der Waals surface area (Å²) in [5.41, 5.74) is 1.56. The molecule has 0 fully saturated rings. The number of ketones is 1. The minimum atomic E-state index is -0.428. The number of fused-ring (bicyclic) bond motifs is 1. The van der Waals surface area contributed by atoms with Gasteiger partial charge in [-0.05, 0) is 32.1 Å². The first-order valence-electron chi connectivity index (χ1n) is 7.12. The highest BCUT2D eigenvalue weighted by Gasteiger charge is 2.27. The molecule has 2 aromatic rings. The predicted octanol–water partition coefficient (Wildman–Crippen LogP) is 3.91. The summed E-state index contributed by atoms with van der Waals surface area (Å²) in [5.74, 6) is 0.449. The standard InChI is InChI=1S/C19H16O3/c1-19(2)11-10-15-16(22-19)9-8-14(12-20)17(15)18(21)13-6-4-3-5-7-13/h3-12H,1-2H3. The van der Waals surface area contributed by atoms with Crippen LogP contribution in [0.1, 0.15) is 45.7 Å². The lowest BCUT2D eigenvalue weighted by atomic mass is 9.90. The van der Waals surface area contributed by atoms with Crippen molar-refractivity contribution >= 4 is 18.1 Å². The Hall–Kier alpha value is -2.68. The van der Waals surface area contributed by atoms with E-state index in [1.807, 2.05) is 32.1 Å². The van der Waals surface area contributed by atoms with E-state index in [4.69, 9.17) is 4.74 Å². The van der Waals surface area contributed by atoms with Gasteiger partial charge < -0.3 is 4.74 Å². The highest BCUT2D eigenvalue weighted by molar-refractivity contribution is 6.15. The average molecular weight is 292 g/mol. The first-order valence-corrected chi connectivity index (χ1v) is 7.12. The Kier molecular flexibility index (Phi) is 3.41. The predicted molar refractivity (Wildman–Crippen MR) is 85.4 cm³/mol. The van der Waals surface area contributed by atoms with E-state index >= 15 is 0 Å². The van der Waals surface area contributed by atoms with Gasteiger partial charge in [0, 0.05) is 22.3 Å². The summed E-state index contributed by atoms with van der Waals surface area (Å²) in [5, 5.41) is 0. The van der Waals surface area contributed by atoms with Crippen molar-refractivity contribution in [3.8, 4) is 5.75 Å². The summed E-state index contributed by atoms with van der Waals surface area (Å²) in [6, 6.07) is 12.3. The monoisotopic (exact) mass is 292 g/mol. The Bertz CT molecular complexity index is 771. The van der Waals surface area contributed by atoms with Crippen molar-refractivity contribution in [2.45, 2.75) is 19.4 Å². The van der Waals surface area contributed by atoms with E-state index in [1.165, 1.54) is 0 Å². The van der Waals surface area contributed by atoms with E-state index < -0.39 is 5.60 Å². The summed E-state index contributed by atoms with van der Waals surface area (Å²) >= 11 is 0. The van der Waals surface area contributed by atoms with Crippen LogP contribution in [-0.2, 0) is 0 Å². The second kappa shape index (κ2) is 5.26. The molecule has 0 aromatic heterocycles. The molecule has 2 aromatic carbocycles. The molecule has 1 heterocycles. The number of hydrogen-bond donors (Lipinski definition) is 0. The lowest BCUT2D eigenvalue weighted by Gasteiger charge is -2.29. The van der Waals surface area contributed by atoms with Crippen LogP contribution < -0.4 is 4.74 Å². The first-order chi connectivity index (χ1) is 10.5. The molecule has 3 heteroatoms. The molecule has 0 saturated heterocycles. The van der Waals surface area contributed by atoms with Crippen LogP contribution in [0.2, 0.25) is 0 Å². The van der Waals surface area contributed by atoms with Gasteiger partial charge in [-0.15, -0.1) is 0 Å². The molecule has 1 aliphatic heterocycles. The van der Waals surface area contributed by atoms with Gasteiger partial charge >= 0.3 is 0 Å². The van der Waals surface area contributed by atoms with E-state index in [-0.39, 0.29) is 5.78 Å². The summed E-state index contributed by atoms with van der Waals surface area (Å²) in [7, 11) is 0. The van der Waals surface area contributed by atoms with Gasteiger partial charge in [0.2, 0.25) is 0 Å². The van der Waals surface area contributed by atoms with Crippen LogP contribution in [0.25, 0.3) is 6.08 Å². The van der Waals surface area contributed by atoms with Gasteiger partial charge in [0.05, 0.1) is 0 Å². The molecule has 0 unspecified atom stereocenters. The highest BCUT2D eigenvalue weighted by Crippen LogP contribution is 2.35. The van der Waals surface area contributed by atoms with Crippen molar-refractivity contribution in [2.75, 3.05) is 0 Å². The zero-order valence-corrected chi connectivity index (χ0v) is 12.5. The largest absolute Gasteiger partial charge is 0.483 e. The number of rotatable bonds is 3. The molecule has 1 aliphatic rings. The van der Waals surface area contributed by atoms with Crippen LogP contribution in [0.3, 0.4) is 0 Å². The maximum atomic E-state index is 12.8. The van der Waals surface area contributed by atoms with E-state index in [9.17, 15) is 9.59 Å². The van der Waals surface area contributed by atoms with Crippen LogP contribution in [0.5, 0.6) is 5.75 Å². The normalized spacial score (nSPS) is 14.8. The molecule has 0 atom stereocenters. The lowest BCUT2D eigenvalue weighted by Crippen LogP contribution is -2.28. The van der Waals surface area contributed by atoms with Gasteiger partial charge in [-0.25, -0.2) is 0 Å². The van der Waals surface area contributed by atoms with Crippen molar-refractivity contribution in [1.82, 2.24) is 0 Å². The number of benzene rings is 2. The highest BCUT2D eigenvalue weighted by atomic mass is 16.5. The van der Waals surface area contributed by atoms with E-state index in [0.29, 0.717) is 34.3 Å². The Morgan fingerprint density at radius 1 is 1.09 bits per heavy atom. The molecule has 0 aliphatic carbocycles. The molecule has 110 valence electrons. The van der Waals surface area contributed by atoms with E-state index in [2.05, 4.69) is 0 Å². The van der Waals surface area contributed by atoms with E-state index in [0.717, 1.165) is 0 Å². The van der Waals surface area contributed by atoms with E-state index in [1.54, 1.807) is 36.4 Å². The SMILES string of the molecule is CC1(C)C=Cc2c(ccc(C=O)c2C(=O)c2ccccc2)O1. The van der Waals surface area contributed by atoms with Gasteiger partial charge in [0.15, 0.2) is 12.1 Å². The molecule has 0 amide bonds. The molecule has 0 radical (unpaired) electrons. The third-order valence-electron chi connectivity index (χ3n) is 3.65. The summed E-state index contributed by atoms with van der Waals surface area (Å²) in [6.07, 6.45) is 4.47. The van der Waals surface area contributed by atoms with Gasteiger partial charge in [0.1, 0.15) is 11.4 Å². The van der Waals surface area contributed by atoms with Crippen LogP contribution >= 0.6 is 0 Å². The smallest absolute Gasteiger partial charge is 0.194 e. The molecule has 0 spiro atoms.